The average Bonchev–Trinajstić information content (AvgIpc) is 3.32. The zero-order valence-corrected chi connectivity index (χ0v) is 20.3. The van der Waals surface area contributed by atoms with Crippen molar-refractivity contribution >= 4 is 39.8 Å². The van der Waals surface area contributed by atoms with Crippen molar-refractivity contribution in [3.8, 4) is 11.3 Å². The number of nitrogens with two attached hydrogens (primary N) is 1. The normalized spacial score (nSPS) is 19.1. The van der Waals surface area contributed by atoms with Crippen LogP contribution in [0.2, 0.25) is 0 Å². The average molecular weight is 486 g/mol. The number of rotatable bonds is 3. The maximum Gasteiger partial charge on any atom is 0.244 e. The minimum Gasteiger partial charge on any atom is -0.383 e. The van der Waals surface area contributed by atoms with E-state index in [1.807, 2.05) is 32.2 Å². The standard InChI is InChI=1S/C25H27N9O2/c1-13-16(9-28-23-22(13)29-12-25(23,2)36)18-6-14-7-19(27-10-17(14)24(26)30-18)31-20-8-15-4-5-33(3)21(35)11-34(15)32-20/h6-10,29,36H,4-5,11-12H2,1-3H3,(H2,26,30)(H,27,31,32)/t25-/m0/s1. The van der Waals surface area contributed by atoms with Gasteiger partial charge < -0.3 is 26.4 Å². The van der Waals surface area contributed by atoms with Crippen LogP contribution in [0, 0.1) is 6.92 Å². The van der Waals surface area contributed by atoms with Gasteiger partial charge in [-0.25, -0.2) is 9.97 Å². The lowest BCUT2D eigenvalue weighted by Gasteiger charge is -2.16. The molecule has 6 rings (SSSR count). The molecule has 36 heavy (non-hydrogen) atoms. The van der Waals surface area contributed by atoms with E-state index in [9.17, 15) is 9.90 Å². The number of hydrogen-bond donors (Lipinski definition) is 4. The van der Waals surface area contributed by atoms with E-state index in [4.69, 9.17) is 5.73 Å². The molecule has 1 amide bonds. The number of β-amino-alcohol motifs (C(OH)–C–C–N with tert-alkyl or cyclic N) is 1. The third kappa shape index (κ3) is 3.59. The van der Waals surface area contributed by atoms with Crippen LogP contribution in [0.5, 0.6) is 0 Å². The fraction of sp³-hybridized carbons (Fsp3) is 0.320. The van der Waals surface area contributed by atoms with Gasteiger partial charge in [0.1, 0.15) is 23.8 Å². The first kappa shape index (κ1) is 22.2. The summed E-state index contributed by atoms with van der Waals surface area (Å²) in [6.45, 7) is 5.03. The zero-order chi connectivity index (χ0) is 25.2. The molecule has 2 aliphatic rings. The Morgan fingerprint density at radius 2 is 2.03 bits per heavy atom. The van der Waals surface area contributed by atoms with Gasteiger partial charge in [-0.05, 0) is 36.9 Å². The molecular weight excluding hydrogens is 458 g/mol. The van der Waals surface area contributed by atoms with Crippen molar-refractivity contribution in [1.29, 1.82) is 0 Å². The highest BCUT2D eigenvalue weighted by molar-refractivity contribution is 5.95. The number of nitrogens with zero attached hydrogens (tertiary/aromatic N) is 6. The van der Waals surface area contributed by atoms with Crippen molar-refractivity contribution in [2.45, 2.75) is 32.4 Å². The summed E-state index contributed by atoms with van der Waals surface area (Å²) in [6.07, 6.45) is 4.17. The summed E-state index contributed by atoms with van der Waals surface area (Å²) in [6, 6.07) is 5.81. The predicted molar refractivity (Wildman–Crippen MR) is 137 cm³/mol. The van der Waals surface area contributed by atoms with Crippen molar-refractivity contribution in [1.82, 2.24) is 29.6 Å². The molecule has 0 saturated heterocycles. The molecule has 0 unspecified atom stereocenters. The number of nitrogen functional groups attached to an aromatic ring is 1. The van der Waals surface area contributed by atoms with E-state index in [1.165, 1.54) is 0 Å². The number of aliphatic hydroxyl groups is 1. The van der Waals surface area contributed by atoms with Gasteiger partial charge in [0.05, 0.1) is 17.1 Å². The highest BCUT2D eigenvalue weighted by Crippen LogP contribution is 2.39. The van der Waals surface area contributed by atoms with Crippen LogP contribution < -0.4 is 16.4 Å². The number of likely N-dealkylation sites (N-methyl/N-ethyl adjacent to an activating group) is 1. The molecule has 0 fully saturated rings. The highest BCUT2D eigenvalue weighted by atomic mass is 16.3. The smallest absolute Gasteiger partial charge is 0.244 e. The number of amides is 1. The number of fused-ring (bicyclic) bond motifs is 3. The van der Waals surface area contributed by atoms with Gasteiger partial charge in [0.15, 0.2) is 5.82 Å². The largest absolute Gasteiger partial charge is 0.383 e. The summed E-state index contributed by atoms with van der Waals surface area (Å²) in [4.78, 5) is 27.5. The van der Waals surface area contributed by atoms with E-state index in [2.05, 4.69) is 30.7 Å². The van der Waals surface area contributed by atoms with Crippen LogP contribution in [-0.2, 0) is 23.4 Å². The molecule has 0 radical (unpaired) electrons. The van der Waals surface area contributed by atoms with E-state index in [-0.39, 0.29) is 12.5 Å². The van der Waals surface area contributed by atoms with Gasteiger partial charge in [0, 0.05) is 61.7 Å². The van der Waals surface area contributed by atoms with E-state index in [1.54, 1.807) is 28.9 Å². The fourth-order valence-corrected chi connectivity index (χ4v) is 4.85. The van der Waals surface area contributed by atoms with Gasteiger partial charge in [-0.2, -0.15) is 5.10 Å². The summed E-state index contributed by atoms with van der Waals surface area (Å²) >= 11 is 0. The lowest BCUT2D eigenvalue weighted by Crippen LogP contribution is -2.29. The molecule has 4 aromatic rings. The van der Waals surface area contributed by atoms with Crippen LogP contribution in [0.1, 0.15) is 23.9 Å². The molecule has 2 aliphatic heterocycles. The molecule has 0 bridgehead atoms. The summed E-state index contributed by atoms with van der Waals surface area (Å²) in [5, 5.41) is 23.2. The monoisotopic (exact) mass is 485 g/mol. The number of carbonyl (C=O) groups excluding carboxylic acids is 1. The lowest BCUT2D eigenvalue weighted by atomic mass is 9.99. The Morgan fingerprint density at radius 1 is 1.19 bits per heavy atom. The molecular formula is C25H27N9O2. The van der Waals surface area contributed by atoms with Crippen LogP contribution in [0.3, 0.4) is 0 Å². The van der Waals surface area contributed by atoms with Gasteiger partial charge in [0.2, 0.25) is 5.91 Å². The third-order valence-corrected chi connectivity index (χ3v) is 7.01. The first-order chi connectivity index (χ1) is 17.2. The van der Waals surface area contributed by atoms with Crippen LogP contribution in [0.4, 0.5) is 23.1 Å². The maximum atomic E-state index is 12.2. The Morgan fingerprint density at radius 3 is 2.86 bits per heavy atom. The topological polar surface area (TPSA) is 147 Å². The first-order valence-electron chi connectivity index (χ1n) is 11.8. The summed E-state index contributed by atoms with van der Waals surface area (Å²) in [5.41, 5.74) is 10.3. The van der Waals surface area contributed by atoms with Crippen molar-refractivity contribution in [3.05, 3.63) is 47.5 Å². The number of carbonyl (C=O) groups is 1. The Kier molecular flexibility index (Phi) is 4.87. The Balaban J connectivity index is 1.34. The fourth-order valence-electron chi connectivity index (χ4n) is 4.85. The zero-order valence-electron chi connectivity index (χ0n) is 20.3. The van der Waals surface area contributed by atoms with Crippen molar-refractivity contribution in [2.75, 3.05) is 36.5 Å². The highest BCUT2D eigenvalue weighted by Gasteiger charge is 2.35. The summed E-state index contributed by atoms with van der Waals surface area (Å²) in [5.74, 6) is 1.65. The van der Waals surface area contributed by atoms with Gasteiger partial charge in [-0.3, -0.25) is 14.5 Å². The summed E-state index contributed by atoms with van der Waals surface area (Å²) in [7, 11) is 1.81. The molecule has 1 atom stereocenters. The van der Waals surface area contributed by atoms with E-state index in [0.29, 0.717) is 41.9 Å². The Hall–Kier alpha value is -4.25. The maximum absolute atomic E-state index is 12.2. The second-order valence-electron chi connectivity index (χ2n) is 9.70. The molecule has 6 heterocycles. The number of pyridine rings is 3. The van der Waals surface area contributed by atoms with E-state index in [0.717, 1.165) is 39.7 Å². The van der Waals surface area contributed by atoms with Crippen LogP contribution in [0.15, 0.2) is 30.6 Å². The van der Waals surface area contributed by atoms with Gasteiger partial charge in [0.25, 0.3) is 0 Å². The number of nitrogens with one attached hydrogen (secondary N) is 2. The Labute approximate surface area is 207 Å². The second kappa shape index (κ2) is 7.89. The van der Waals surface area contributed by atoms with Crippen LogP contribution >= 0.6 is 0 Å². The SMILES string of the molecule is Cc1c(-c2cc3cc(Nc4cc5n(n4)CC(=O)N(C)CC5)ncc3c(N)n2)cnc2c1NC[C@]2(C)O. The third-order valence-electron chi connectivity index (χ3n) is 7.01. The molecule has 4 aromatic heterocycles. The minimum atomic E-state index is -1.00. The quantitative estimate of drug-likeness (QED) is 0.343. The number of hydrogen-bond acceptors (Lipinski definition) is 9. The molecule has 184 valence electrons. The molecule has 0 aliphatic carbocycles. The van der Waals surface area contributed by atoms with Gasteiger partial charge in [-0.15, -0.1) is 0 Å². The van der Waals surface area contributed by atoms with Crippen molar-refractivity contribution in [3.63, 3.8) is 0 Å². The van der Waals surface area contributed by atoms with Crippen molar-refractivity contribution in [2.24, 2.45) is 0 Å². The van der Waals surface area contributed by atoms with Crippen molar-refractivity contribution < 1.29 is 9.90 Å². The number of aromatic nitrogens is 5. The second-order valence-corrected chi connectivity index (χ2v) is 9.70. The summed E-state index contributed by atoms with van der Waals surface area (Å²) < 4.78 is 1.74. The lowest BCUT2D eigenvalue weighted by molar-refractivity contribution is -0.130. The molecule has 0 saturated carbocycles. The molecule has 0 aromatic carbocycles. The first-order valence-corrected chi connectivity index (χ1v) is 11.8. The minimum absolute atomic E-state index is 0.0397. The van der Waals surface area contributed by atoms with Crippen LogP contribution in [-0.4, -0.2) is 60.8 Å². The molecule has 11 nitrogen and oxygen atoms in total. The predicted octanol–water partition coefficient (Wildman–Crippen LogP) is 2.17. The molecule has 5 N–H and O–H groups in total. The van der Waals surface area contributed by atoms with Crippen LogP contribution in [0.25, 0.3) is 22.0 Å². The van der Waals surface area contributed by atoms with Gasteiger partial charge >= 0.3 is 0 Å². The van der Waals surface area contributed by atoms with E-state index < -0.39 is 5.60 Å². The molecule has 11 heteroatoms. The van der Waals surface area contributed by atoms with Gasteiger partial charge in [-0.1, -0.05) is 0 Å². The number of anilines is 4. The van der Waals surface area contributed by atoms with E-state index >= 15 is 0 Å². The Bertz CT molecular complexity index is 1540. The molecule has 0 spiro atoms.